The standard InChI is InChI=1S/C14H19N3O4/c1-13(2)12(10-6-5-9-21-10)16(19)14(17(13)20)8-4-3-7-11(14)15-18/h5-6,9,18,20H,3-4,7-8H2,1-2H3/b15-11-. The van der Waals surface area contributed by atoms with E-state index in [1.165, 1.54) is 6.26 Å². The Morgan fingerprint density at radius 2 is 2.19 bits per heavy atom. The molecular weight excluding hydrogens is 274 g/mol. The number of hydrogen-bond acceptors (Lipinski definition) is 6. The Balaban J connectivity index is 2.23. The first-order chi connectivity index (χ1) is 9.96. The Labute approximate surface area is 122 Å². The summed E-state index contributed by atoms with van der Waals surface area (Å²) in [6, 6.07) is 3.38. The number of furan rings is 1. The molecule has 2 heterocycles. The second-order valence-electron chi connectivity index (χ2n) is 6.06. The van der Waals surface area contributed by atoms with Crippen molar-refractivity contribution >= 4 is 11.4 Å². The van der Waals surface area contributed by atoms with Crippen LogP contribution in [0.3, 0.4) is 0 Å². The summed E-state index contributed by atoms with van der Waals surface area (Å²) in [6.07, 6.45) is 3.98. The van der Waals surface area contributed by atoms with Gasteiger partial charge in [-0.3, -0.25) is 0 Å². The number of oxime groups is 1. The zero-order chi connectivity index (χ0) is 15.3. The van der Waals surface area contributed by atoms with Crippen LogP contribution in [-0.4, -0.2) is 42.8 Å². The average molecular weight is 293 g/mol. The maximum Gasteiger partial charge on any atom is 0.294 e. The fourth-order valence-corrected chi connectivity index (χ4v) is 3.48. The maximum atomic E-state index is 13.0. The van der Waals surface area contributed by atoms with Crippen molar-refractivity contribution in [2.75, 3.05) is 0 Å². The van der Waals surface area contributed by atoms with Crippen molar-refractivity contribution in [2.24, 2.45) is 5.16 Å². The van der Waals surface area contributed by atoms with Gasteiger partial charge in [0.05, 0.1) is 6.26 Å². The van der Waals surface area contributed by atoms with Gasteiger partial charge in [0.1, 0.15) is 11.3 Å². The number of nitrogens with zero attached hydrogens (tertiary/aromatic N) is 3. The lowest BCUT2D eigenvalue weighted by Gasteiger charge is -2.38. The Morgan fingerprint density at radius 1 is 1.43 bits per heavy atom. The molecule has 1 aliphatic carbocycles. The Bertz CT molecular complexity index is 606. The molecule has 1 saturated carbocycles. The van der Waals surface area contributed by atoms with Gasteiger partial charge in [0.15, 0.2) is 5.76 Å². The van der Waals surface area contributed by atoms with Gasteiger partial charge >= 0.3 is 0 Å². The molecule has 1 unspecified atom stereocenters. The van der Waals surface area contributed by atoms with Crippen molar-refractivity contribution in [3.05, 3.63) is 29.4 Å². The van der Waals surface area contributed by atoms with Crippen LogP contribution in [0.2, 0.25) is 0 Å². The molecule has 2 N–H and O–H groups in total. The van der Waals surface area contributed by atoms with Crippen molar-refractivity contribution in [1.29, 1.82) is 0 Å². The quantitative estimate of drug-likeness (QED) is 0.358. The van der Waals surface area contributed by atoms with Crippen LogP contribution in [0.25, 0.3) is 0 Å². The van der Waals surface area contributed by atoms with Crippen molar-refractivity contribution in [1.82, 2.24) is 5.06 Å². The molecule has 7 nitrogen and oxygen atoms in total. The van der Waals surface area contributed by atoms with E-state index in [0.29, 0.717) is 30.0 Å². The molecule has 0 aromatic carbocycles. The zero-order valence-electron chi connectivity index (χ0n) is 12.1. The lowest BCUT2D eigenvalue weighted by Crippen LogP contribution is -2.60. The Hall–Kier alpha value is -1.86. The minimum absolute atomic E-state index is 0.292. The molecule has 1 aliphatic heterocycles. The van der Waals surface area contributed by atoms with E-state index in [-0.39, 0.29) is 0 Å². The highest BCUT2D eigenvalue weighted by Crippen LogP contribution is 2.42. The van der Waals surface area contributed by atoms with Gasteiger partial charge in [0.25, 0.3) is 11.4 Å². The monoisotopic (exact) mass is 293 g/mol. The summed E-state index contributed by atoms with van der Waals surface area (Å²) in [5.74, 6) is 0.411. The van der Waals surface area contributed by atoms with Crippen LogP contribution >= 0.6 is 0 Å². The largest absolute Gasteiger partial charge is 0.622 e. The van der Waals surface area contributed by atoms with Crippen molar-refractivity contribution < 1.29 is 19.6 Å². The summed E-state index contributed by atoms with van der Waals surface area (Å²) in [5.41, 5.74) is -1.68. The molecule has 0 radical (unpaired) electrons. The second kappa shape index (κ2) is 4.57. The lowest BCUT2D eigenvalue weighted by molar-refractivity contribution is -0.569. The SMILES string of the molecule is CC1(C)C(c2ccco2)=[N+]([O-])C2(CCCC/C2=N/O)N1O. The molecule has 0 saturated heterocycles. The zero-order valence-corrected chi connectivity index (χ0v) is 12.1. The third kappa shape index (κ3) is 1.67. The summed E-state index contributed by atoms with van der Waals surface area (Å²) in [5, 5.41) is 37.3. The van der Waals surface area contributed by atoms with Crippen LogP contribution in [0.15, 0.2) is 28.0 Å². The smallest absolute Gasteiger partial charge is 0.294 e. The van der Waals surface area contributed by atoms with Gasteiger partial charge in [-0.25, -0.2) is 0 Å². The summed E-state index contributed by atoms with van der Waals surface area (Å²) in [7, 11) is 0. The van der Waals surface area contributed by atoms with Gasteiger partial charge in [-0.2, -0.15) is 4.74 Å². The summed E-state index contributed by atoms with van der Waals surface area (Å²) >= 11 is 0. The second-order valence-corrected chi connectivity index (χ2v) is 6.06. The molecule has 3 rings (SSSR count). The van der Waals surface area contributed by atoms with Gasteiger partial charge in [0.2, 0.25) is 0 Å². The topological polar surface area (TPSA) is 95.3 Å². The first-order valence-corrected chi connectivity index (χ1v) is 7.05. The van der Waals surface area contributed by atoms with E-state index >= 15 is 0 Å². The van der Waals surface area contributed by atoms with E-state index in [1.54, 1.807) is 26.0 Å². The molecular formula is C14H19N3O4. The predicted molar refractivity (Wildman–Crippen MR) is 74.6 cm³/mol. The van der Waals surface area contributed by atoms with Crippen molar-refractivity contribution in [3.8, 4) is 0 Å². The number of hydroxylamine groups is 3. The fraction of sp³-hybridized carbons (Fsp3) is 0.571. The maximum absolute atomic E-state index is 13.0. The van der Waals surface area contributed by atoms with Gasteiger partial charge in [0, 0.05) is 6.42 Å². The van der Waals surface area contributed by atoms with Crippen LogP contribution in [0.1, 0.15) is 45.3 Å². The first-order valence-electron chi connectivity index (χ1n) is 7.05. The summed E-state index contributed by atoms with van der Waals surface area (Å²) in [4.78, 5) is 0. The van der Waals surface area contributed by atoms with Gasteiger partial charge in [-0.15, -0.1) is 5.06 Å². The molecule has 114 valence electrons. The first kappa shape index (κ1) is 14.1. The molecule has 0 amide bonds. The van der Waals surface area contributed by atoms with Crippen LogP contribution in [0.4, 0.5) is 0 Å². The third-order valence-corrected chi connectivity index (χ3v) is 4.52. The highest BCUT2D eigenvalue weighted by molar-refractivity contribution is 6.05. The highest BCUT2D eigenvalue weighted by Gasteiger charge is 2.66. The van der Waals surface area contributed by atoms with Crippen LogP contribution < -0.4 is 0 Å². The molecule has 7 heteroatoms. The minimum Gasteiger partial charge on any atom is -0.622 e. The minimum atomic E-state index is -1.35. The van der Waals surface area contributed by atoms with E-state index in [9.17, 15) is 15.6 Å². The van der Waals surface area contributed by atoms with Crippen LogP contribution in [0, 0.1) is 5.21 Å². The summed E-state index contributed by atoms with van der Waals surface area (Å²) < 4.78 is 6.11. The van der Waals surface area contributed by atoms with Gasteiger partial charge in [-0.1, -0.05) is 5.16 Å². The fourth-order valence-electron chi connectivity index (χ4n) is 3.48. The molecule has 21 heavy (non-hydrogen) atoms. The average Bonchev–Trinajstić information content (AvgIpc) is 3.03. The molecule has 1 fully saturated rings. The van der Waals surface area contributed by atoms with E-state index in [1.807, 2.05) is 0 Å². The van der Waals surface area contributed by atoms with Gasteiger partial charge in [-0.05, 0) is 45.2 Å². The molecule has 2 aliphatic rings. The van der Waals surface area contributed by atoms with Gasteiger partial charge < -0.3 is 20.0 Å². The van der Waals surface area contributed by atoms with E-state index in [4.69, 9.17) is 4.42 Å². The highest BCUT2D eigenvalue weighted by atomic mass is 16.6. The molecule has 1 spiro atoms. The van der Waals surface area contributed by atoms with Crippen LogP contribution in [-0.2, 0) is 0 Å². The molecule has 1 atom stereocenters. The Morgan fingerprint density at radius 3 is 2.81 bits per heavy atom. The predicted octanol–water partition coefficient (Wildman–Crippen LogP) is 2.16. The summed E-state index contributed by atoms with van der Waals surface area (Å²) in [6.45, 7) is 3.49. The third-order valence-electron chi connectivity index (χ3n) is 4.52. The molecule has 1 aromatic heterocycles. The Kier molecular flexibility index (Phi) is 3.07. The normalized spacial score (nSPS) is 31.5. The van der Waals surface area contributed by atoms with Crippen LogP contribution in [0.5, 0.6) is 0 Å². The lowest BCUT2D eigenvalue weighted by atomic mass is 9.86. The van der Waals surface area contributed by atoms with E-state index in [0.717, 1.165) is 22.6 Å². The van der Waals surface area contributed by atoms with Crippen molar-refractivity contribution in [3.63, 3.8) is 0 Å². The van der Waals surface area contributed by atoms with E-state index in [2.05, 4.69) is 5.16 Å². The molecule has 1 aromatic rings. The number of hydrogen-bond donors (Lipinski definition) is 2. The molecule has 0 bridgehead atoms. The van der Waals surface area contributed by atoms with Crippen molar-refractivity contribution in [2.45, 2.75) is 50.7 Å². The van der Waals surface area contributed by atoms with E-state index < -0.39 is 11.2 Å². The number of rotatable bonds is 1.